The summed E-state index contributed by atoms with van der Waals surface area (Å²) in [6.45, 7) is 8.55. The highest BCUT2D eigenvalue weighted by molar-refractivity contribution is 14.0. The fraction of sp³-hybridized carbons (Fsp3) is 0.500. The van der Waals surface area contributed by atoms with Crippen LogP contribution in [0.5, 0.6) is 11.5 Å². The molecule has 0 amide bonds. The molecule has 1 atom stereocenters. The van der Waals surface area contributed by atoms with E-state index in [0.29, 0.717) is 12.6 Å². The molecule has 1 aliphatic rings. The highest BCUT2D eigenvalue weighted by Gasteiger charge is 2.20. The third-order valence-electron chi connectivity index (χ3n) is 5.27. The van der Waals surface area contributed by atoms with E-state index >= 15 is 0 Å². The normalized spacial score (nSPS) is 16.0. The highest BCUT2D eigenvalue weighted by Crippen LogP contribution is 2.20. The number of methoxy groups -OCH3 is 1. The van der Waals surface area contributed by atoms with E-state index < -0.39 is 0 Å². The molecule has 0 bridgehead atoms. The van der Waals surface area contributed by atoms with Gasteiger partial charge < -0.3 is 20.1 Å². The van der Waals surface area contributed by atoms with Gasteiger partial charge in [0.2, 0.25) is 0 Å². The van der Waals surface area contributed by atoms with E-state index in [2.05, 4.69) is 39.6 Å². The van der Waals surface area contributed by atoms with Crippen molar-refractivity contribution in [2.45, 2.75) is 45.4 Å². The number of likely N-dealkylation sites (tertiary alicyclic amines) is 1. The van der Waals surface area contributed by atoms with Gasteiger partial charge in [-0.05, 0) is 51.0 Å². The standard InChI is InChI=1S/C24H35N5O2.HI/c1-4-25-24(27-17-19(2)31-23-10-7-9-22(16-23)30-3)28-20-11-14-29(15-12-20)18-21-8-5-6-13-26-21;/h5-10,13,16,19-20H,4,11-12,14-15,17-18H2,1-3H3,(H2,25,27,28);1H. The summed E-state index contributed by atoms with van der Waals surface area (Å²) in [6, 6.07) is 14.2. The van der Waals surface area contributed by atoms with Gasteiger partial charge >= 0.3 is 0 Å². The van der Waals surface area contributed by atoms with Crippen LogP contribution in [0.4, 0.5) is 0 Å². The zero-order chi connectivity index (χ0) is 21.9. The fourth-order valence-corrected chi connectivity index (χ4v) is 3.63. The summed E-state index contributed by atoms with van der Waals surface area (Å²) < 4.78 is 11.2. The second-order valence-electron chi connectivity index (χ2n) is 7.84. The number of nitrogens with zero attached hydrogens (tertiary/aromatic N) is 3. The smallest absolute Gasteiger partial charge is 0.191 e. The number of ether oxygens (including phenoxy) is 2. The summed E-state index contributed by atoms with van der Waals surface area (Å²) in [6.07, 6.45) is 4.00. The van der Waals surface area contributed by atoms with E-state index in [1.165, 1.54) is 0 Å². The summed E-state index contributed by atoms with van der Waals surface area (Å²) in [7, 11) is 1.66. The minimum Gasteiger partial charge on any atom is -0.497 e. The summed E-state index contributed by atoms with van der Waals surface area (Å²) in [5.41, 5.74) is 1.13. The first-order chi connectivity index (χ1) is 15.2. The number of aromatic nitrogens is 1. The fourth-order valence-electron chi connectivity index (χ4n) is 3.63. The van der Waals surface area contributed by atoms with Gasteiger partial charge in [0.25, 0.3) is 0 Å². The Labute approximate surface area is 209 Å². The number of hydrogen-bond donors (Lipinski definition) is 2. The Balaban J connectivity index is 0.00000363. The van der Waals surface area contributed by atoms with Crippen LogP contribution in [0.15, 0.2) is 53.7 Å². The second-order valence-corrected chi connectivity index (χ2v) is 7.84. The van der Waals surface area contributed by atoms with Crippen LogP contribution in [0.1, 0.15) is 32.4 Å². The molecule has 32 heavy (non-hydrogen) atoms. The molecule has 0 radical (unpaired) electrons. The SMILES string of the molecule is CCNC(=NCC(C)Oc1cccc(OC)c1)NC1CCN(Cc2ccccn2)CC1.I. The minimum absolute atomic E-state index is 0. The first-order valence-electron chi connectivity index (χ1n) is 11.1. The van der Waals surface area contributed by atoms with E-state index in [9.17, 15) is 0 Å². The Bertz CT molecular complexity index is 813. The average Bonchev–Trinajstić information content (AvgIpc) is 2.80. The largest absolute Gasteiger partial charge is 0.497 e. The van der Waals surface area contributed by atoms with E-state index in [4.69, 9.17) is 14.5 Å². The lowest BCUT2D eigenvalue weighted by molar-refractivity contribution is 0.196. The number of rotatable bonds is 9. The van der Waals surface area contributed by atoms with E-state index in [1.54, 1.807) is 7.11 Å². The maximum atomic E-state index is 5.99. The topological polar surface area (TPSA) is 71.0 Å². The summed E-state index contributed by atoms with van der Waals surface area (Å²) in [5, 5.41) is 6.96. The molecule has 1 fully saturated rings. The lowest BCUT2D eigenvalue weighted by Gasteiger charge is -2.33. The number of piperidine rings is 1. The third kappa shape index (κ3) is 8.82. The number of aliphatic imine (C=N–C) groups is 1. The number of pyridine rings is 1. The molecule has 1 aromatic carbocycles. The molecule has 8 heteroatoms. The Morgan fingerprint density at radius 1 is 1.19 bits per heavy atom. The molecular formula is C24H36IN5O2. The average molecular weight is 553 g/mol. The predicted octanol–water partition coefficient (Wildman–Crippen LogP) is 3.70. The minimum atomic E-state index is -0.0391. The molecule has 1 aliphatic heterocycles. The molecule has 0 saturated carbocycles. The maximum Gasteiger partial charge on any atom is 0.191 e. The summed E-state index contributed by atoms with van der Waals surface area (Å²) in [4.78, 5) is 11.7. The van der Waals surface area contributed by atoms with Crippen LogP contribution >= 0.6 is 24.0 Å². The molecule has 2 heterocycles. The Hall–Kier alpha value is -2.07. The molecule has 2 N–H and O–H groups in total. The molecule has 176 valence electrons. The number of nitrogens with one attached hydrogen (secondary N) is 2. The van der Waals surface area contributed by atoms with Crippen LogP contribution in [0, 0.1) is 0 Å². The van der Waals surface area contributed by atoms with Crippen molar-refractivity contribution in [2.24, 2.45) is 4.99 Å². The monoisotopic (exact) mass is 553 g/mol. The Kier molecular flexibility index (Phi) is 11.6. The van der Waals surface area contributed by atoms with Crippen LogP contribution < -0.4 is 20.1 Å². The van der Waals surface area contributed by atoms with Crippen molar-refractivity contribution < 1.29 is 9.47 Å². The van der Waals surface area contributed by atoms with Crippen molar-refractivity contribution in [2.75, 3.05) is 33.3 Å². The van der Waals surface area contributed by atoms with Crippen molar-refractivity contribution in [3.05, 3.63) is 54.4 Å². The molecule has 1 aromatic heterocycles. The molecule has 1 unspecified atom stereocenters. The molecule has 0 aliphatic carbocycles. The van der Waals surface area contributed by atoms with Crippen LogP contribution in [0.25, 0.3) is 0 Å². The van der Waals surface area contributed by atoms with E-state index in [-0.39, 0.29) is 30.1 Å². The molecular weight excluding hydrogens is 517 g/mol. The Morgan fingerprint density at radius 2 is 1.97 bits per heavy atom. The van der Waals surface area contributed by atoms with Gasteiger partial charge in [-0.25, -0.2) is 4.99 Å². The first-order valence-corrected chi connectivity index (χ1v) is 11.1. The molecule has 0 spiro atoms. The second kappa shape index (κ2) is 14.2. The van der Waals surface area contributed by atoms with Crippen molar-refractivity contribution in [3.8, 4) is 11.5 Å². The van der Waals surface area contributed by atoms with Crippen molar-refractivity contribution >= 4 is 29.9 Å². The van der Waals surface area contributed by atoms with Crippen LogP contribution in [-0.4, -0.2) is 61.3 Å². The summed E-state index contributed by atoms with van der Waals surface area (Å²) >= 11 is 0. The summed E-state index contributed by atoms with van der Waals surface area (Å²) in [5.74, 6) is 2.43. The zero-order valence-corrected chi connectivity index (χ0v) is 21.6. The van der Waals surface area contributed by atoms with Gasteiger partial charge in [-0.1, -0.05) is 12.1 Å². The van der Waals surface area contributed by atoms with Crippen molar-refractivity contribution in [3.63, 3.8) is 0 Å². The first kappa shape index (κ1) is 26.2. The predicted molar refractivity (Wildman–Crippen MR) is 140 cm³/mol. The van der Waals surface area contributed by atoms with Crippen molar-refractivity contribution in [1.29, 1.82) is 0 Å². The molecule has 2 aromatic rings. The Morgan fingerprint density at radius 3 is 2.66 bits per heavy atom. The molecule has 1 saturated heterocycles. The maximum absolute atomic E-state index is 5.99. The highest BCUT2D eigenvalue weighted by atomic mass is 127. The van der Waals surface area contributed by atoms with Crippen LogP contribution in [0.3, 0.4) is 0 Å². The van der Waals surface area contributed by atoms with Gasteiger partial charge in [0.15, 0.2) is 5.96 Å². The quantitative estimate of drug-likeness (QED) is 0.281. The van der Waals surface area contributed by atoms with E-state index in [0.717, 1.165) is 62.2 Å². The number of halogens is 1. The number of benzene rings is 1. The number of hydrogen-bond acceptors (Lipinski definition) is 5. The molecule has 3 rings (SSSR count). The van der Waals surface area contributed by atoms with Gasteiger partial charge in [0, 0.05) is 44.5 Å². The number of guanidine groups is 1. The van der Waals surface area contributed by atoms with Crippen LogP contribution in [-0.2, 0) is 6.54 Å². The third-order valence-corrected chi connectivity index (χ3v) is 5.27. The zero-order valence-electron chi connectivity index (χ0n) is 19.3. The van der Waals surface area contributed by atoms with Gasteiger partial charge in [-0.3, -0.25) is 9.88 Å². The lowest BCUT2D eigenvalue weighted by Crippen LogP contribution is -2.48. The van der Waals surface area contributed by atoms with Crippen molar-refractivity contribution in [1.82, 2.24) is 20.5 Å². The van der Waals surface area contributed by atoms with Gasteiger partial charge in [0.05, 0.1) is 19.3 Å². The van der Waals surface area contributed by atoms with Crippen LogP contribution in [0.2, 0.25) is 0 Å². The lowest BCUT2D eigenvalue weighted by atomic mass is 10.0. The van der Waals surface area contributed by atoms with Gasteiger partial charge in [0.1, 0.15) is 17.6 Å². The molecule has 7 nitrogen and oxygen atoms in total. The van der Waals surface area contributed by atoms with Gasteiger partial charge in [-0.15, -0.1) is 24.0 Å². The van der Waals surface area contributed by atoms with E-state index in [1.807, 2.05) is 43.5 Å². The van der Waals surface area contributed by atoms with Gasteiger partial charge in [-0.2, -0.15) is 0 Å².